The van der Waals surface area contributed by atoms with Gasteiger partial charge < -0.3 is 11.4 Å². The van der Waals surface area contributed by atoms with E-state index in [1.54, 1.807) is 0 Å². The maximum absolute atomic E-state index is 7.80. The van der Waals surface area contributed by atoms with Crippen molar-refractivity contribution in [1.82, 2.24) is 0 Å². The van der Waals surface area contributed by atoms with Gasteiger partial charge in [0.1, 0.15) is 0 Å². The molecule has 0 spiro atoms. The third-order valence-electron chi connectivity index (χ3n) is 15.7. The van der Waals surface area contributed by atoms with Gasteiger partial charge in [0, 0.05) is 18.3 Å². The predicted molar refractivity (Wildman–Crippen MR) is 207 cm³/mol. The Morgan fingerprint density at radius 2 is 0.531 bits per heavy atom. The first-order valence-electron chi connectivity index (χ1n) is 22.4. The van der Waals surface area contributed by atoms with E-state index < -0.39 is 15.1 Å². The van der Waals surface area contributed by atoms with Gasteiger partial charge >= 0.3 is 15.1 Å². The Kier molecular flexibility index (Phi) is 14.1. The number of rotatable bonds is 12. The molecule has 282 valence electrons. The van der Waals surface area contributed by atoms with Crippen molar-refractivity contribution in [3.63, 3.8) is 0 Å². The van der Waals surface area contributed by atoms with Crippen LogP contribution in [0.2, 0.25) is 0 Å². The predicted octanol–water partition coefficient (Wildman–Crippen LogP) is 13.5. The van der Waals surface area contributed by atoms with E-state index in [0.717, 1.165) is 0 Å². The zero-order valence-electron chi connectivity index (χ0n) is 33.6. The summed E-state index contributed by atoms with van der Waals surface area (Å²) in [6.45, 7) is 15.0. The van der Waals surface area contributed by atoms with E-state index in [2.05, 4.69) is 41.5 Å². The van der Waals surface area contributed by atoms with Gasteiger partial charge in [-0.05, 0) is 167 Å². The van der Waals surface area contributed by atoms with Crippen LogP contribution in [0.5, 0.6) is 0 Å². The molecule has 6 aliphatic rings. The molecule has 0 aromatic rings. The third kappa shape index (κ3) is 11.2. The average Bonchev–Trinajstić information content (AvgIpc) is 3.10. The van der Waals surface area contributed by atoms with Crippen molar-refractivity contribution in [2.45, 2.75) is 233 Å². The van der Waals surface area contributed by atoms with Crippen molar-refractivity contribution in [1.29, 1.82) is 0 Å². The molecule has 6 aliphatic carbocycles. The fourth-order valence-electron chi connectivity index (χ4n) is 11.9. The lowest BCUT2D eigenvalue weighted by molar-refractivity contribution is -0.0918. The Hall–Kier alpha value is 0.412. The van der Waals surface area contributed by atoms with Crippen LogP contribution in [0.1, 0.15) is 215 Å². The molecule has 3 atom stereocenters. The Morgan fingerprint density at radius 1 is 0.327 bits per heavy atom. The Bertz CT molecular complexity index is 820. The first-order chi connectivity index (χ1) is 23.5. The second-order valence-electron chi connectivity index (χ2n) is 21.3. The lowest BCUT2D eigenvalue weighted by Gasteiger charge is -2.46. The van der Waals surface area contributed by atoms with E-state index in [4.69, 9.17) is 11.4 Å². The SMILES string of the molecule is CC1(C)CCC(C([O][Al]([O]C(C2CCCCC2)C2CCC(C)(C)CC2)[O]C(C2CCCCC2)C2CCC(C)(C)CC2)C2CCCCC2)CC1. The molecule has 4 heteroatoms. The van der Waals surface area contributed by atoms with Crippen molar-refractivity contribution in [3.8, 4) is 0 Å². The van der Waals surface area contributed by atoms with Gasteiger partial charge in [-0.25, -0.2) is 0 Å². The highest BCUT2D eigenvalue weighted by Gasteiger charge is 2.50. The molecule has 6 saturated carbocycles. The minimum Gasteiger partial charge on any atom is -0.451 e. The summed E-state index contributed by atoms with van der Waals surface area (Å²) in [7, 11) is 0. The summed E-state index contributed by atoms with van der Waals surface area (Å²) < 4.78 is 23.4. The first kappa shape index (κ1) is 39.1. The monoisotopic (exact) mass is 697 g/mol. The molecule has 0 bridgehead atoms. The van der Waals surface area contributed by atoms with Gasteiger partial charge in [0.15, 0.2) is 0 Å². The highest BCUT2D eigenvalue weighted by Crippen LogP contribution is 2.48. The molecule has 0 aromatic heterocycles. The van der Waals surface area contributed by atoms with E-state index in [9.17, 15) is 0 Å². The Morgan fingerprint density at radius 3 is 0.755 bits per heavy atom. The summed E-state index contributed by atoms with van der Waals surface area (Å²) in [5, 5.41) is 0. The van der Waals surface area contributed by atoms with E-state index >= 15 is 0 Å². The molecule has 6 rings (SSSR count). The van der Waals surface area contributed by atoms with Crippen LogP contribution in [0.4, 0.5) is 0 Å². The molecule has 49 heavy (non-hydrogen) atoms. The first-order valence-corrected chi connectivity index (χ1v) is 23.8. The lowest BCUT2D eigenvalue weighted by atomic mass is 9.68. The second kappa shape index (κ2) is 17.7. The van der Waals surface area contributed by atoms with Gasteiger partial charge in [-0.3, -0.25) is 0 Å². The van der Waals surface area contributed by atoms with E-state index in [0.29, 0.717) is 70.1 Å². The molecule has 0 heterocycles. The Labute approximate surface area is 310 Å². The van der Waals surface area contributed by atoms with Crippen LogP contribution in [-0.2, 0) is 11.4 Å². The van der Waals surface area contributed by atoms with Gasteiger partial charge in [-0.1, -0.05) is 99.3 Å². The van der Waals surface area contributed by atoms with Crippen molar-refractivity contribution in [2.75, 3.05) is 0 Å². The molecule has 3 nitrogen and oxygen atoms in total. The quantitative estimate of drug-likeness (QED) is 0.190. The van der Waals surface area contributed by atoms with Crippen LogP contribution in [0.3, 0.4) is 0 Å². The topological polar surface area (TPSA) is 27.7 Å². The summed E-state index contributed by atoms with van der Waals surface area (Å²) >= 11 is -2.43. The van der Waals surface area contributed by atoms with Crippen LogP contribution >= 0.6 is 0 Å². The van der Waals surface area contributed by atoms with Crippen molar-refractivity contribution >= 4 is 15.1 Å². The van der Waals surface area contributed by atoms with Gasteiger partial charge in [-0.2, -0.15) is 0 Å². The number of hydrogen-bond donors (Lipinski definition) is 0. The van der Waals surface area contributed by atoms with Gasteiger partial charge in [0.25, 0.3) is 0 Å². The molecule has 6 fully saturated rings. The van der Waals surface area contributed by atoms with Crippen LogP contribution in [0.25, 0.3) is 0 Å². The molecule has 0 aliphatic heterocycles. The largest absolute Gasteiger partial charge is 0.906 e. The molecule has 0 amide bonds. The van der Waals surface area contributed by atoms with Gasteiger partial charge in [0.2, 0.25) is 0 Å². The maximum Gasteiger partial charge on any atom is 0.906 e. The highest BCUT2D eigenvalue weighted by molar-refractivity contribution is 6.36. The van der Waals surface area contributed by atoms with Crippen LogP contribution < -0.4 is 0 Å². The van der Waals surface area contributed by atoms with Crippen LogP contribution in [0.15, 0.2) is 0 Å². The van der Waals surface area contributed by atoms with E-state index in [1.807, 2.05) is 0 Å². The molecule has 0 N–H and O–H groups in total. The van der Waals surface area contributed by atoms with E-state index in [-0.39, 0.29) is 0 Å². The van der Waals surface area contributed by atoms with Crippen LogP contribution in [0, 0.1) is 51.8 Å². The van der Waals surface area contributed by atoms with Crippen molar-refractivity contribution in [3.05, 3.63) is 0 Å². The Balaban J connectivity index is 1.30. The van der Waals surface area contributed by atoms with Crippen LogP contribution in [-0.4, -0.2) is 33.5 Å². The normalized spacial score (nSPS) is 30.5. The smallest absolute Gasteiger partial charge is 0.451 e. The van der Waals surface area contributed by atoms with Gasteiger partial charge in [0.05, 0.1) is 0 Å². The fourth-order valence-corrected chi connectivity index (χ4v) is 14.2. The average molecular weight is 697 g/mol. The lowest BCUT2D eigenvalue weighted by Crippen LogP contribution is -2.50. The molecule has 3 unspecified atom stereocenters. The summed E-state index contributed by atoms with van der Waals surface area (Å²) in [5.74, 6) is 4.17. The molecule has 0 saturated heterocycles. The minimum atomic E-state index is -2.43. The van der Waals surface area contributed by atoms with E-state index in [1.165, 1.54) is 173 Å². The fraction of sp³-hybridized carbons (Fsp3) is 1.00. The third-order valence-corrected chi connectivity index (χ3v) is 17.3. The summed E-state index contributed by atoms with van der Waals surface area (Å²) in [6.07, 6.45) is 37.9. The summed E-state index contributed by atoms with van der Waals surface area (Å²) in [4.78, 5) is 0. The highest BCUT2D eigenvalue weighted by atomic mass is 27.3. The standard InChI is InChI=1S/3C15H27O.Al/c3*1-15(2)10-8-13(9-11-15)14(16)12-6-4-3-5-7-12;/h3*12-14H,3-11H2,1-2H3;/q3*-1;+3. The van der Waals surface area contributed by atoms with Gasteiger partial charge in [-0.15, -0.1) is 0 Å². The molecular weight excluding hydrogens is 615 g/mol. The van der Waals surface area contributed by atoms with Crippen molar-refractivity contribution in [2.24, 2.45) is 51.8 Å². The molecular formula is C45H81AlO3. The second-order valence-corrected chi connectivity index (χ2v) is 22.7. The zero-order valence-corrected chi connectivity index (χ0v) is 34.7. The maximum atomic E-state index is 7.80. The van der Waals surface area contributed by atoms with Crippen molar-refractivity contribution < 1.29 is 11.4 Å². The molecule has 0 radical (unpaired) electrons. The zero-order chi connectivity index (χ0) is 34.5. The number of hydrogen-bond acceptors (Lipinski definition) is 3. The summed E-state index contributed by atoms with van der Waals surface area (Å²) in [6, 6.07) is 0. The minimum absolute atomic E-state index is 0.350. The molecule has 0 aromatic carbocycles. The summed E-state index contributed by atoms with van der Waals surface area (Å²) in [5.41, 5.74) is 1.46.